The van der Waals surface area contributed by atoms with E-state index in [1.54, 1.807) is 0 Å². The number of hydrogen-bond donors (Lipinski definition) is 1. The molecule has 1 N–H and O–H groups in total. The Morgan fingerprint density at radius 3 is 2.91 bits per heavy atom. The molecule has 0 saturated carbocycles. The van der Waals surface area contributed by atoms with Crippen molar-refractivity contribution in [3.05, 3.63) is 48.3 Å². The smallest absolute Gasteiger partial charge is 0.119 e. The van der Waals surface area contributed by atoms with Crippen molar-refractivity contribution in [2.75, 3.05) is 19.7 Å². The minimum Gasteiger partial charge on any atom is -0.491 e. The number of benzene rings is 1. The van der Waals surface area contributed by atoms with Crippen LogP contribution in [0.5, 0.6) is 5.75 Å². The summed E-state index contributed by atoms with van der Waals surface area (Å²) in [5.41, 5.74) is 1.23. The average Bonchev–Trinajstić information content (AvgIpc) is 3.15. The molecular weight excluding hydrogens is 278 g/mol. The van der Waals surface area contributed by atoms with E-state index in [2.05, 4.69) is 16.2 Å². The Balaban J connectivity index is 1.53. The van der Waals surface area contributed by atoms with Crippen molar-refractivity contribution >= 4 is 0 Å². The summed E-state index contributed by atoms with van der Waals surface area (Å²) in [6, 6.07) is 9.98. The predicted octanol–water partition coefficient (Wildman–Crippen LogP) is 2.00. The highest BCUT2D eigenvalue weighted by molar-refractivity contribution is 5.21. The van der Waals surface area contributed by atoms with Crippen molar-refractivity contribution in [2.24, 2.45) is 7.05 Å². The van der Waals surface area contributed by atoms with Crippen LogP contribution in [0.4, 0.5) is 0 Å². The van der Waals surface area contributed by atoms with E-state index in [4.69, 9.17) is 4.74 Å². The van der Waals surface area contributed by atoms with E-state index in [9.17, 15) is 5.11 Å². The normalized spacial score (nSPS) is 20.2. The van der Waals surface area contributed by atoms with Gasteiger partial charge in [-0.3, -0.25) is 9.58 Å². The van der Waals surface area contributed by atoms with Crippen LogP contribution in [0.25, 0.3) is 0 Å². The molecule has 1 aromatic carbocycles. The topological polar surface area (TPSA) is 50.5 Å². The Bertz CT molecular complexity index is 585. The molecule has 2 unspecified atom stereocenters. The van der Waals surface area contributed by atoms with Crippen LogP contribution in [-0.2, 0) is 7.05 Å². The van der Waals surface area contributed by atoms with Crippen molar-refractivity contribution in [3.63, 3.8) is 0 Å². The van der Waals surface area contributed by atoms with Crippen LogP contribution in [0.1, 0.15) is 24.4 Å². The fourth-order valence-electron chi connectivity index (χ4n) is 3.07. The number of aromatic nitrogens is 2. The van der Waals surface area contributed by atoms with Gasteiger partial charge < -0.3 is 9.84 Å². The third kappa shape index (κ3) is 3.67. The van der Waals surface area contributed by atoms with Crippen LogP contribution >= 0.6 is 0 Å². The fraction of sp³-hybridized carbons (Fsp3) is 0.471. The van der Waals surface area contributed by atoms with Crippen molar-refractivity contribution in [1.29, 1.82) is 0 Å². The molecule has 0 radical (unpaired) electrons. The summed E-state index contributed by atoms with van der Waals surface area (Å²) < 4.78 is 7.46. The number of β-amino-alcohol motifs (C(OH)–C–C–N with tert-alkyl or cyclic N) is 1. The van der Waals surface area contributed by atoms with Gasteiger partial charge in [-0.1, -0.05) is 18.2 Å². The largest absolute Gasteiger partial charge is 0.491 e. The second-order valence-electron chi connectivity index (χ2n) is 5.88. The molecule has 22 heavy (non-hydrogen) atoms. The predicted molar refractivity (Wildman–Crippen MR) is 84.7 cm³/mol. The lowest BCUT2D eigenvalue weighted by molar-refractivity contribution is 0.0638. The zero-order valence-corrected chi connectivity index (χ0v) is 12.9. The van der Waals surface area contributed by atoms with Crippen molar-refractivity contribution in [2.45, 2.75) is 25.0 Å². The summed E-state index contributed by atoms with van der Waals surface area (Å²) in [7, 11) is 1.94. The molecule has 3 rings (SSSR count). The van der Waals surface area contributed by atoms with Crippen molar-refractivity contribution in [3.8, 4) is 5.75 Å². The number of para-hydroxylation sites is 1. The van der Waals surface area contributed by atoms with Gasteiger partial charge in [-0.15, -0.1) is 0 Å². The van der Waals surface area contributed by atoms with Crippen LogP contribution in [0.2, 0.25) is 0 Å². The molecule has 2 atom stereocenters. The SMILES string of the molecule is Cn1cc(C2CCCN2CC(O)COc2ccccc2)cn1. The molecule has 1 fully saturated rings. The van der Waals surface area contributed by atoms with Gasteiger partial charge in [-0.05, 0) is 31.5 Å². The lowest BCUT2D eigenvalue weighted by Crippen LogP contribution is -2.35. The molecule has 2 heterocycles. The standard InChI is InChI=1S/C17H23N3O2/c1-19-11-14(10-18-19)17-8-5-9-20(17)12-15(21)13-22-16-6-3-2-4-7-16/h2-4,6-7,10-11,15,17,21H,5,8-9,12-13H2,1H3. The Hall–Kier alpha value is -1.85. The number of aliphatic hydroxyl groups is 1. The Morgan fingerprint density at radius 2 is 2.18 bits per heavy atom. The minimum absolute atomic E-state index is 0.320. The third-order valence-electron chi connectivity index (χ3n) is 4.10. The lowest BCUT2D eigenvalue weighted by atomic mass is 10.1. The van der Waals surface area contributed by atoms with Gasteiger partial charge in [0.1, 0.15) is 18.5 Å². The van der Waals surface area contributed by atoms with E-state index in [-0.39, 0.29) is 0 Å². The zero-order chi connectivity index (χ0) is 15.4. The second kappa shape index (κ2) is 6.94. The molecule has 0 bridgehead atoms. The van der Waals surface area contributed by atoms with Gasteiger partial charge in [-0.2, -0.15) is 5.10 Å². The molecule has 1 aliphatic rings. The van der Waals surface area contributed by atoms with Gasteiger partial charge in [0.25, 0.3) is 0 Å². The van der Waals surface area contributed by atoms with Crippen molar-refractivity contribution < 1.29 is 9.84 Å². The Morgan fingerprint density at radius 1 is 1.36 bits per heavy atom. The third-order valence-corrected chi connectivity index (χ3v) is 4.10. The highest BCUT2D eigenvalue weighted by Crippen LogP contribution is 2.31. The molecule has 118 valence electrons. The summed E-state index contributed by atoms with van der Waals surface area (Å²) in [6.45, 7) is 1.97. The van der Waals surface area contributed by atoms with Crippen LogP contribution in [-0.4, -0.2) is 45.6 Å². The molecule has 0 spiro atoms. The van der Waals surface area contributed by atoms with Gasteiger partial charge >= 0.3 is 0 Å². The van der Waals surface area contributed by atoms with Crippen LogP contribution in [0, 0.1) is 0 Å². The first kappa shape index (κ1) is 15.1. The first-order valence-corrected chi connectivity index (χ1v) is 7.81. The number of aliphatic hydroxyl groups excluding tert-OH is 1. The van der Waals surface area contributed by atoms with E-state index >= 15 is 0 Å². The van der Waals surface area contributed by atoms with Gasteiger partial charge in [-0.25, -0.2) is 0 Å². The summed E-state index contributed by atoms with van der Waals surface area (Å²) in [5, 5.41) is 14.5. The Labute approximate surface area is 131 Å². The van der Waals surface area contributed by atoms with E-state index in [1.807, 2.05) is 48.3 Å². The molecule has 2 aromatic rings. The average molecular weight is 301 g/mol. The number of ether oxygens (including phenoxy) is 1. The summed E-state index contributed by atoms with van der Waals surface area (Å²) in [5.74, 6) is 0.798. The highest BCUT2D eigenvalue weighted by atomic mass is 16.5. The number of hydrogen-bond acceptors (Lipinski definition) is 4. The minimum atomic E-state index is -0.488. The van der Waals surface area contributed by atoms with Crippen molar-refractivity contribution in [1.82, 2.24) is 14.7 Å². The molecule has 5 heteroatoms. The van der Waals surface area contributed by atoms with E-state index in [0.717, 1.165) is 25.1 Å². The first-order valence-electron chi connectivity index (χ1n) is 7.81. The Kier molecular flexibility index (Phi) is 4.75. The molecule has 0 aliphatic carbocycles. The number of rotatable bonds is 6. The molecular formula is C17H23N3O2. The zero-order valence-electron chi connectivity index (χ0n) is 12.9. The van der Waals surface area contributed by atoms with E-state index < -0.39 is 6.10 Å². The number of likely N-dealkylation sites (tertiary alicyclic amines) is 1. The molecule has 1 saturated heterocycles. The quantitative estimate of drug-likeness (QED) is 0.886. The highest BCUT2D eigenvalue weighted by Gasteiger charge is 2.28. The maximum atomic E-state index is 10.3. The van der Waals surface area contributed by atoms with Crippen LogP contribution in [0.15, 0.2) is 42.7 Å². The van der Waals surface area contributed by atoms with Crippen LogP contribution in [0.3, 0.4) is 0 Å². The first-order chi connectivity index (χ1) is 10.7. The number of nitrogens with zero attached hydrogens (tertiary/aromatic N) is 3. The van der Waals surface area contributed by atoms with E-state index in [0.29, 0.717) is 19.2 Å². The maximum Gasteiger partial charge on any atom is 0.119 e. The van der Waals surface area contributed by atoms with E-state index in [1.165, 1.54) is 5.56 Å². The fourth-order valence-corrected chi connectivity index (χ4v) is 3.07. The van der Waals surface area contributed by atoms with Gasteiger partial charge in [0, 0.05) is 31.4 Å². The van der Waals surface area contributed by atoms with Gasteiger partial charge in [0.2, 0.25) is 0 Å². The maximum absolute atomic E-state index is 10.3. The summed E-state index contributed by atoms with van der Waals surface area (Å²) in [4.78, 5) is 2.33. The van der Waals surface area contributed by atoms with Gasteiger partial charge in [0.05, 0.1) is 6.20 Å². The summed E-state index contributed by atoms with van der Waals surface area (Å²) in [6.07, 6.45) is 5.78. The second-order valence-corrected chi connectivity index (χ2v) is 5.88. The lowest BCUT2D eigenvalue weighted by Gasteiger charge is -2.26. The summed E-state index contributed by atoms with van der Waals surface area (Å²) >= 11 is 0. The van der Waals surface area contributed by atoms with Gasteiger partial charge in [0.15, 0.2) is 0 Å². The molecule has 1 aliphatic heterocycles. The molecule has 5 nitrogen and oxygen atoms in total. The number of aryl methyl sites for hydroxylation is 1. The molecule has 0 amide bonds. The molecule has 1 aromatic heterocycles. The van der Waals surface area contributed by atoms with Crippen LogP contribution < -0.4 is 4.74 Å². The monoisotopic (exact) mass is 301 g/mol.